The summed E-state index contributed by atoms with van der Waals surface area (Å²) in [6.07, 6.45) is 0. The van der Waals surface area contributed by atoms with Crippen LogP contribution in [0.3, 0.4) is 0 Å². The van der Waals surface area contributed by atoms with Gasteiger partial charge in [-0.2, -0.15) is 0 Å². The van der Waals surface area contributed by atoms with Crippen molar-refractivity contribution in [2.45, 2.75) is 19.8 Å². The summed E-state index contributed by atoms with van der Waals surface area (Å²) in [6, 6.07) is 14.1. The van der Waals surface area contributed by atoms with Crippen LogP contribution in [0.5, 0.6) is 0 Å². The monoisotopic (exact) mass is 226 g/mol. The van der Waals surface area contributed by atoms with E-state index in [2.05, 4.69) is 26.0 Å². The molecule has 2 aromatic carbocycles. The summed E-state index contributed by atoms with van der Waals surface area (Å²) in [4.78, 5) is 0. The van der Waals surface area contributed by atoms with Gasteiger partial charge in [0.1, 0.15) is 0 Å². The zero-order chi connectivity index (χ0) is 12.4. The first-order chi connectivity index (χ1) is 8.11. The summed E-state index contributed by atoms with van der Waals surface area (Å²) in [6.45, 7) is 4.22. The van der Waals surface area contributed by atoms with Gasteiger partial charge in [0.05, 0.1) is 0 Å². The van der Waals surface area contributed by atoms with Gasteiger partial charge in [0.2, 0.25) is 0 Å². The van der Waals surface area contributed by atoms with Crippen molar-refractivity contribution < 1.29 is 0 Å². The van der Waals surface area contributed by atoms with Crippen molar-refractivity contribution in [1.29, 1.82) is 0 Å². The number of benzene rings is 2. The highest BCUT2D eigenvalue weighted by Gasteiger charge is 2.12. The van der Waals surface area contributed by atoms with Crippen LogP contribution in [0.1, 0.15) is 25.3 Å². The molecule has 0 heterocycles. The highest BCUT2D eigenvalue weighted by Crippen LogP contribution is 2.35. The molecule has 0 spiro atoms. The van der Waals surface area contributed by atoms with E-state index >= 15 is 0 Å². The van der Waals surface area contributed by atoms with Crippen molar-refractivity contribution in [2.24, 2.45) is 0 Å². The lowest BCUT2D eigenvalue weighted by molar-refractivity contribution is 0.873. The SMILES string of the molecule is CC(C)c1c(N)ccc(-c2ccccc2)c1N. The maximum atomic E-state index is 6.24. The number of hydrogen-bond acceptors (Lipinski definition) is 2. The minimum absolute atomic E-state index is 0.332. The maximum absolute atomic E-state index is 6.24. The number of rotatable bonds is 2. The fourth-order valence-corrected chi connectivity index (χ4v) is 2.17. The van der Waals surface area contributed by atoms with Crippen molar-refractivity contribution in [1.82, 2.24) is 0 Å². The summed E-state index contributed by atoms with van der Waals surface area (Å²) >= 11 is 0. The Bertz CT molecular complexity index is 516. The average Bonchev–Trinajstić information content (AvgIpc) is 2.30. The Morgan fingerprint density at radius 3 is 2.12 bits per heavy atom. The first kappa shape index (κ1) is 11.5. The van der Waals surface area contributed by atoms with Gasteiger partial charge < -0.3 is 11.5 Å². The molecular formula is C15H18N2. The highest BCUT2D eigenvalue weighted by molar-refractivity contribution is 5.82. The molecule has 2 nitrogen and oxygen atoms in total. The van der Waals surface area contributed by atoms with Crippen LogP contribution in [0.25, 0.3) is 11.1 Å². The Balaban J connectivity index is 2.62. The molecule has 2 heteroatoms. The second kappa shape index (κ2) is 4.50. The van der Waals surface area contributed by atoms with Gasteiger partial charge in [0.15, 0.2) is 0 Å². The van der Waals surface area contributed by atoms with E-state index in [1.54, 1.807) is 0 Å². The van der Waals surface area contributed by atoms with E-state index in [0.29, 0.717) is 5.92 Å². The third-order valence-electron chi connectivity index (χ3n) is 2.98. The van der Waals surface area contributed by atoms with Gasteiger partial charge in [0, 0.05) is 22.5 Å². The fraction of sp³-hybridized carbons (Fsp3) is 0.200. The molecule has 0 saturated carbocycles. The van der Waals surface area contributed by atoms with Crippen LogP contribution in [-0.4, -0.2) is 0 Å². The van der Waals surface area contributed by atoms with Crippen LogP contribution >= 0.6 is 0 Å². The molecule has 0 aliphatic rings. The molecule has 0 aliphatic carbocycles. The van der Waals surface area contributed by atoms with E-state index in [1.165, 1.54) is 0 Å². The molecule has 0 bridgehead atoms. The Labute approximate surface area is 102 Å². The summed E-state index contributed by atoms with van der Waals surface area (Å²) in [5.41, 5.74) is 17.0. The molecule has 2 rings (SSSR count). The van der Waals surface area contributed by atoms with Crippen LogP contribution in [-0.2, 0) is 0 Å². The first-order valence-corrected chi connectivity index (χ1v) is 5.84. The van der Waals surface area contributed by atoms with Gasteiger partial charge in [-0.25, -0.2) is 0 Å². The Hall–Kier alpha value is -1.96. The second-order valence-corrected chi connectivity index (χ2v) is 4.55. The molecule has 0 amide bonds. The van der Waals surface area contributed by atoms with Crippen molar-refractivity contribution in [3.63, 3.8) is 0 Å². The van der Waals surface area contributed by atoms with Crippen molar-refractivity contribution >= 4 is 11.4 Å². The summed E-state index contributed by atoms with van der Waals surface area (Å²) < 4.78 is 0. The lowest BCUT2D eigenvalue weighted by atomic mass is 9.93. The molecule has 4 N–H and O–H groups in total. The van der Waals surface area contributed by atoms with E-state index in [1.807, 2.05) is 30.3 Å². The predicted molar refractivity (Wildman–Crippen MR) is 74.8 cm³/mol. The summed E-state index contributed by atoms with van der Waals surface area (Å²) in [5.74, 6) is 0.332. The maximum Gasteiger partial charge on any atom is 0.0449 e. The van der Waals surface area contributed by atoms with Gasteiger partial charge in [-0.1, -0.05) is 50.2 Å². The molecule has 0 saturated heterocycles. The normalized spacial score (nSPS) is 10.8. The van der Waals surface area contributed by atoms with Crippen LogP contribution in [0.4, 0.5) is 11.4 Å². The van der Waals surface area contributed by atoms with Crippen LogP contribution in [0, 0.1) is 0 Å². The second-order valence-electron chi connectivity index (χ2n) is 4.55. The number of hydrogen-bond donors (Lipinski definition) is 2. The van der Waals surface area contributed by atoms with E-state index in [9.17, 15) is 0 Å². The Kier molecular flexibility index (Phi) is 3.05. The van der Waals surface area contributed by atoms with Gasteiger partial charge in [-0.05, 0) is 17.5 Å². The van der Waals surface area contributed by atoms with Crippen LogP contribution in [0.15, 0.2) is 42.5 Å². The van der Waals surface area contributed by atoms with Crippen LogP contribution < -0.4 is 11.5 Å². The molecule has 88 valence electrons. The zero-order valence-corrected chi connectivity index (χ0v) is 10.3. The molecule has 2 aromatic rings. The lowest BCUT2D eigenvalue weighted by Crippen LogP contribution is -2.03. The van der Waals surface area contributed by atoms with Crippen molar-refractivity contribution in [2.75, 3.05) is 11.5 Å². The summed E-state index contributed by atoms with van der Waals surface area (Å²) in [5, 5.41) is 0. The average molecular weight is 226 g/mol. The quantitative estimate of drug-likeness (QED) is 0.768. The minimum Gasteiger partial charge on any atom is -0.398 e. The van der Waals surface area contributed by atoms with E-state index < -0.39 is 0 Å². The largest absolute Gasteiger partial charge is 0.398 e. The van der Waals surface area contributed by atoms with Gasteiger partial charge in [-0.3, -0.25) is 0 Å². The molecule has 0 aromatic heterocycles. The predicted octanol–water partition coefficient (Wildman–Crippen LogP) is 3.64. The molecule has 0 atom stereocenters. The van der Waals surface area contributed by atoms with Crippen LogP contribution in [0.2, 0.25) is 0 Å². The zero-order valence-electron chi connectivity index (χ0n) is 10.3. The van der Waals surface area contributed by atoms with E-state index in [-0.39, 0.29) is 0 Å². The lowest BCUT2D eigenvalue weighted by Gasteiger charge is -2.16. The Morgan fingerprint density at radius 1 is 0.882 bits per heavy atom. The van der Waals surface area contributed by atoms with Gasteiger partial charge >= 0.3 is 0 Å². The highest BCUT2D eigenvalue weighted by atomic mass is 14.6. The van der Waals surface area contributed by atoms with Gasteiger partial charge in [0.25, 0.3) is 0 Å². The topological polar surface area (TPSA) is 52.0 Å². The third-order valence-corrected chi connectivity index (χ3v) is 2.98. The van der Waals surface area contributed by atoms with E-state index in [4.69, 9.17) is 11.5 Å². The fourth-order valence-electron chi connectivity index (χ4n) is 2.17. The summed E-state index contributed by atoms with van der Waals surface area (Å²) in [7, 11) is 0. The molecule has 0 unspecified atom stereocenters. The molecule has 17 heavy (non-hydrogen) atoms. The molecule has 0 fully saturated rings. The van der Waals surface area contributed by atoms with Crippen molar-refractivity contribution in [3.8, 4) is 11.1 Å². The van der Waals surface area contributed by atoms with E-state index in [0.717, 1.165) is 28.1 Å². The molecule has 0 aliphatic heterocycles. The minimum atomic E-state index is 0.332. The number of nitrogen functional groups attached to an aromatic ring is 2. The Morgan fingerprint density at radius 2 is 1.53 bits per heavy atom. The number of anilines is 2. The standard InChI is InChI=1S/C15H18N2/c1-10(2)14-13(16)9-8-12(15(14)17)11-6-4-3-5-7-11/h3-10H,16-17H2,1-2H3. The molecular weight excluding hydrogens is 208 g/mol. The third kappa shape index (κ3) is 2.11. The number of nitrogens with two attached hydrogens (primary N) is 2. The molecule has 0 radical (unpaired) electrons. The van der Waals surface area contributed by atoms with Gasteiger partial charge in [-0.15, -0.1) is 0 Å². The smallest absolute Gasteiger partial charge is 0.0449 e. The first-order valence-electron chi connectivity index (χ1n) is 5.84. The van der Waals surface area contributed by atoms with Crippen molar-refractivity contribution in [3.05, 3.63) is 48.0 Å².